The standard InChI is InChI=1S/C14H20N2O5/c1-9(2)15(8-13(17)18)11-6-5-7-12(21-10(3)4)14(11)16(19)20/h5-7,9-10H,8H2,1-4H3,(H,17,18). The molecule has 0 bridgehead atoms. The van der Waals surface area contributed by atoms with E-state index in [0.717, 1.165) is 0 Å². The Hall–Kier alpha value is -2.31. The fourth-order valence-electron chi connectivity index (χ4n) is 1.97. The van der Waals surface area contributed by atoms with Crippen molar-refractivity contribution in [2.75, 3.05) is 11.4 Å². The molecule has 7 heteroatoms. The summed E-state index contributed by atoms with van der Waals surface area (Å²) in [5.74, 6) is -0.906. The molecule has 1 rings (SSSR count). The highest BCUT2D eigenvalue weighted by molar-refractivity contribution is 5.78. The fourth-order valence-corrected chi connectivity index (χ4v) is 1.97. The van der Waals surface area contributed by atoms with Gasteiger partial charge in [0.15, 0.2) is 5.75 Å². The molecule has 0 fully saturated rings. The van der Waals surface area contributed by atoms with Crippen molar-refractivity contribution < 1.29 is 19.6 Å². The quantitative estimate of drug-likeness (QED) is 0.614. The highest BCUT2D eigenvalue weighted by atomic mass is 16.6. The second kappa shape index (κ2) is 6.92. The van der Waals surface area contributed by atoms with E-state index in [-0.39, 0.29) is 35.8 Å². The molecule has 1 aromatic carbocycles. The first-order valence-electron chi connectivity index (χ1n) is 6.66. The molecular weight excluding hydrogens is 276 g/mol. The van der Waals surface area contributed by atoms with Gasteiger partial charge >= 0.3 is 11.7 Å². The number of benzene rings is 1. The number of carboxylic acid groups (broad SMARTS) is 1. The van der Waals surface area contributed by atoms with Crippen molar-refractivity contribution in [3.8, 4) is 5.75 Å². The van der Waals surface area contributed by atoms with Crippen LogP contribution in [0.5, 0.6) is 5.75 Å². The number of aliphatic carboxylic acids is 1. The number of nitro groups is 1. The number of para-hydroxylation sites is 1. The largest absolute Gasteiger partial charge is 0.484 e. The van der Waals surface area contributed by atoms with Crippen LogP contribution in [0, 0.1) is 10.1 Å². The molecule has 0 aliphatic heterocycles. The third kappa shape index (κ3) is 4.34. The molecule has 0 saturated carbocycles. The van der Waals surface area contributed by atoms with E-state index in [2.05, 4.69) is 0 Å². The van der Waals surface area contributed by atoms with Gasteiger partial charge in [-0.3, -0.25) is 14.9 Å². The Morgan fingerprint density at radius 1 is 1.38 bits per heavy atom. The van der Waals surface area contributed by atoms with Gasteiger partial charge in [-0.1, -0.05) is 6.07 Å². The van der Waals surface area contributed by atoms with Crippen LogP contribution in [-0.2, 0) is 4.79 Å². The van der Waals surface area contributed by atoms with Crippen LogP contribution in [0.3, 0.4) is 0 Å². The molecule has 0 aliphatic carbocycles. The summed E-state index contributed by atoms with van der Waals surface area (Å²) >= 11 is 0. The molecular formula is C14H20N2O5. The van der Waals surface area contributed by atoms with Crippen LogP contribution >= 0.6 is 0 Å². The molecule has 1 N–H and O–H groups in total. The van der Waals surface area contributed by atoms with Gasteiger partial charge in [0.25, 0.3) is 0 Å². The van der Waals surface area contributed by atoms with E-state index in [9.17, 15) is 14.9 Å². The van der Waals surface area contributed by atoms with Crippen LogP contribution in [0.4, 0.5) is 11.4 Å². The van der Waals surface area contributed by atoms with E-state index in [4.69, 9.17) is 9.84 Å². The molecule has 7 nitrogen and oxygen atoms in total. The minimum absolute atomic E-state index is 0.142. The summed E-state index contributed by atoms with van der Waals surface area (Å²) in [6.45, 7) is 6.79. The lowest BCUT2D eigenvalue weighted by Crippen LogP contribution is -2.36. The Morgan fingerprint density at radius 2 is 2.00 bits per heavy atom. The zero-order chi connectivity index (χ0) is 16.2. The zero-order valence-electron chi connectivity index (χ0n) is 12.6. The van der Waals surface area contributed by atoms with E-state index < -0.39 is 10.9 Å². The predicted molar refractivity (Wildman–Crippen MR) is 79.0 cm³/mol. The molecule has 0 aromatic heterocycles. The lowest BCUT2D eigenvalue weighted by Gasteiger charge is -2.27. The number of rotatable bonds is 7. The van der Waals surface area contributed by atoms with E-state index in [1.807, 2.05) is 0 Å². The van der Waals surface area contributed by atoms with Crippen LogP contribution < -0.4 is 9.64 Å². The van der Waals surface area contributed by atoms with Gasteiger partial charge in [0, 0.05) is 6.04 Å². The summed E-state index contributed by atoms with van der Waals surface area (Å²) in [5, 5.41) is 20.4. The molecule has 0 radical (unpaired) electrons. The van der Waals surface area contributed by atoms with Crippen molar-refractivity contribution in [2.45, 2.75) is 39.8 Å². The number of hydrogen-bond acceptors (Lipinski definition) is 5. The zero-order valence-corrected chi connectivity index (χ0v) is 12.6. The smallest absolute Gasteiger partial charge is 0.333 e. The SMILES string of the molecule is CC(C)Oc1cccc(N(CC(=O)O)C(C)C)c1[N+](=O)[O-]. The van der Waals surface area contributed by atoms with Gasteiger partial charge in [-0.2, -0.15) is 0 Å². The van der Waals surface area contributed by atoms with Gasteiger partial charge in [0.2, 0.25) is 0 Å². The number of ether oxygens (including phenoxy) is 1. The van der Waals surface area contributed by atoms with Crippen LogP contribution in [0.25, 0.3) is 0 Å². The second-order valence-corrected chi connectivity index (χ2v) is 5.16. The maximum Gasteiger partial charge on any atom is 0.333 e. The van der Waals surface area contributed by atoms with Crippen molar-refractivity contribution in [3.63, 3.8) is 0 Å². The number of carboxylic acids is 1. The molecule has 0 unspecified atom stereocenters. The fraction of sp³-hybridized carbons (Fsp3) is 0.500. The molecule has 21 heavy (non-hydrogen) atoms. The van der Waals surface area contributed by atoms with Crippen molar-refractivity contribution in [2.24, 2.45) is 0 Å². The molecule has 0 saturated heterocycles. The van der Waals surface area contributed by atoms with Crippen LogP contribution in [0.15, 0.2) is 18.2 Å². The number of nitrogens with zero attached hydrogens (tertiary/aromatic N) is 2. The van der Waals surface area contributed by atoms with E-state index in [0.29, 0.717) is 0 Å². The van der Waals surface area contributed by atoms with Crippen molar-refractivity contribution in [1.29, 1.82) is 0 Å². The Bertz CT molecular complexity index is 528. The van der Waals surface area contributed by atoms with Gasteiger partial charge < -0.3 is 14.7 Å². The summed E-state index contributed by atoms with van der Waals surface area (Å²) in [4.78, 5) is 23.3. The topological polar surface area (TPSA) is 92.9 Å². The maximum absolute atomic E-state index is 11.4. The minimum atomic E-state index is -1.05. The minimum Gasteiger partial charge on any atom is -0.484 e. The van der Waals surface area contributed by atoms with E-state index in [1.54, 1.807) is 33.8 Å². The Kier molecular flexibility index (Phi) is 5.52. The third-order valence-electron chi connectivity index (χ3n) is 2.76. The normalized spacial score (nSPS) is 10.8. The van der Waals surface area contributed by atoms with Gasteiger partial charge in [0.05, 0.1) is 11.0 Å². The average Bonchev–Trinajstić information content (AvgIpc) is 2.34. The van der Waals surface area contributed by atoms with Gasteiger partial charge in [-0.15, -0.1) is 0 Å². The molecule has 0 amide bonds. The lowest BCUT2D eigenvalue weighted by atomic mass is 10.2. The Morgan fingerprint density at radius 3 is 2.43 bits per heavy atom. The van der Waals surface area contributed by atoms with Crippen LogP contribution in [-0.4, -0.2) is 34.7 Å². The second-order valence-electron chi connectivity index (χ2n) is 5.16. The van der Waals surface area contributed by atoms with Gasteiger partial charge in [-0.05, 0) is 39.8 Å². The molecule has 0 heterocycles. The summed E-state index contributed by atoms with van der Waals surface area (Å²) < 4.78 is 5.47. The summed E-state index contributed by atoms with van der Waals surface area (Å²) in [5.41, 5.74) is 0.0386. The Balaban J connectivity index is 3.38. The van der Waals surface area contributed by atoms with E-state index >= 15 is 0 Å². The maximum atomic E-state index is 11.4. The monoisotopic (exact) mass is 296 g/mol. The average molecular weight is 296 g/mol. The molecule has 0 spiro atoms. The van der Waals surface area contributed by atoms with Crippen LogP contribution in [0.1, 0.15) is 27.7 Å². The van der Waals surface area contributed by atoms with Crippen molar-refractivity contribution in [1.82, 2.24) is 0 Å². The lowest BCUT2D eigenvalue weighted by molar-refractivity contribution is -0.385. The van der Waals surface area contributed by atoms with Gasteiger partial charge in [0.1, 0.15) is 12.2 Å². The van der Waals surface area contributed by atoms with Crippen LogP contribution in [0.2, 0.25) is 0 Å². The molecule has 0 aliphatic rings. The van der Waals surface area contributed by atoms with Crippen molar-refractivity contribution >= 4 is 17.3 Å². The number of hydrogen-bond donors (Lipinski definition) is 1. The first kappa shape index (κ1) is 16.7. The van der Waals surface area contributed by atoms with E-state index in [1.165, 1.54) is 17.0 Å². The molecule has 116 valence electrons. The number of carbonyl (C=O) groups is 1. The van der Waals surface area contributed by atoms with Gasteiger partial charge in [-0.25, -0.2) is 0 Å². The first-order valence-corrected chi connectivity index (χ1v) is 6.66. The number of nitro benzene ring substituents is 1. The first-order chi connectivity index (χ1) is 9.73. The molecule has 1 aromatic rings. The molecule has 0 atom stereocenters. The van der Waals surface area contributed by atoms with Crippen molar-refractivity contribution in [3.05, 3.63) is 28.3 Å². The summed E-state index contributed by atoms with van der Waals surface area (Å²) in [7, 11) is 0. The highest BCUT2D eigenvalue weighted by Gasteiger charge is 2.27. The number of anilines is 1. The highest BCUT2D eigenvalue weighted by Crippen LogP contribution is 2.38. The Labute approximate surface area is 123 Å². The third-order valence-corrected chi connectivity index (χ3v) is 2.76. The predicted octanol–water partition coefficient (Wildman–Crippen LogP) is 2.68. The summed E-state index contributed by atoms with van der Waals surface area (Å²) in [6, 6.07) is 4.47. The summed E-state index contributed by atoms with van der Waals surface area (Å²) in [6.07, 6.45) is -0.217.